The summed E-state index contributed by atoms with van der Waals surface area (Å²) in [6.45, 7) is -0.144. The van der Waals surface area contributed by atoms with Crippen molar-refractivity contribution in [2.24, 2.45) is 17.8 Å². The number of aromatic nitrogens is 2. The topological polar surface area (TPSA) is 67.2 Å². The van der Waals surface area contributed by atoms with E-state index in [2.05, 4.69) is 28.6 Å². The van der Waals surface area contributed by atoms with Crippen LogP contribution in [-0.4, -0.2) is 20.9 Å². The Labute approximate surface area is 186 Å². The molecule has 0 spiro atoms. The lowest BCUT2D eigenvalue weighted by molar-refractivity contribution is -0.137. The smallest absolute Gasteiger partial charge is 0.325 e. The predicted octanol–water partition coefficient (Wildman–Crippen LogP) is 5.99. The van der Waals surface area contributed by atoms with E-state index in [-0.39, 0.29) is 6.54 Å². The lowest BCUT2D eigenvalue weighted by Crippen LogP contribution is -2.48. The van der Waals surface area contributed by atoms with Gasteiger partial charge in [0.25, 0.3) is 0 Å². The number of fused-ring (bicyclic) bond motifs is 1. The van der Waals surface area contributed by atoms with Crippen molar-refractivity contribution in [3.8, 4) is 0 Å². The molecule has 4 fully saturated rings. The molecule has 2 aromatic carbocycles. The summed E-state index contributed by atoms with van der Waals surface area (Å²) in [4.78, 5) is 10.9. The molecule has 0 unspecified atom stereocenters. The molecule has 0 atom stereocenters. The molecule has 1 aromatic heterocycles. The van der Waals surface area contributed by atoms with E-state index in [4.69, 9.17) is 16.7 Å². The number of nitrogens with zero attached hydrogens (tertiary/aromatic N) is 2. The maximum atomic E-state index is 10.9. The van der Waals surface area contributed by atoms with Gasteiger partial charge in [-0.3, -0.25) is 9.48 Å². The Morgan fingerprint density at radius 2 is 1.81 bits per heavy atom. The van der Waals surface area contributed by atoms with Gasteiger partial charge < -0.3 is 10.4 Å². The van der Waals surface area contributed by atoms with Crippen molar-refractivity contribution in [3.05, 3.63) is 53.2 Å². The molecule has 7 rings (SSSR count). The molecule has 0 amide bonds. The second-order valence-electron chi connectivity index (χ2n) is 10.0. The van der Waals surface area contributed by atoms with Gasteiger partial charge in [0, 0.05) is 17.3 Å². The summed E-state index contributed by atoms with van der Waals surface area (Å²) >= 11 is 6.75. The van der Waals surface area contributed by atoms with Gasteiger partial charge in [0.15, 0.2) is 0 Å². The highest BCUT2D eigenvalue weighted by Gasteiger charge is 2.51. The molecular formula is C25H26ClN3O2. The third-order valence-electron chi connectivity index (χ3n) is 7.75. The van der Waals surface area contributed by atoms with Crippen molar-refractivity contribution in [2.45, 2.75) is 50.5 Å². The normalized spacial score (nSPS) is 28.9. The van der Waals surface area contributed by atoms with E-state index >= 15 is 0 Å². The Hall–Kier alpha value is -2.53. The molecule has 160 valence electrons. The SMILES string of the molecule is O=C(O)Cn1cc2cc(Nc3ccc(C45CC6CC(CC(C6)C4)C5)cc3Cl)ccc2n1. The Kier molecular flexibility index (Phi) is 4.32. The molecule has 31 heavy (non-hydrogen) atoms. The first-order chi connectivity index (χ1) is 15.0. The highest BCUT2D eigenvalue weighted by atomic mass is 35.5. The fourth-order valence-corrected chi connectivity index (χ4v) is 7.17. The van der Waals surface area contributed by atoms with Gasteiger partial charge >= 0.3 is 5.97 Å². The van der Waals surface area contributed by atoms with E-state index in [9.17, 15) is 4.79 Å². The molecule has 1 heterocycles. The van der Waals surface area contributed by atoms with Crippen LogP contribution in [0.4, 0.5) is 11.4 Å². The van der Waals surface area contributed by atoms with E-state index < -0.39 is 5.97 Å². The Morgan fingerprint density at radius 3 is 2.45 bits per heavy atom. The van der Waals surface area contributed by atoms with Crippen LogP contribution in [-0.2, 0) is 16.8 Å². The molecule has 4 aliphatic carbocycles. The van der Waals surface area contributed by atoms with Gasteiger partial charge in [-0.1, -0.05) is 17.7 Å². The first-order valence-electron chi connectivity index (χ1n) is 11.2. The number of carbonyl (C=O) groups is 1. The largest absolute Gasteiger partial charge is 0.480 e. The molecule has 4 bridgehead atoms. The zero-order valence-electron chi connectivity index (χ0n) is 17.4. The van der Waals surface area contributed by atoms with Crippen LogP contribution in [0.1, 0.15) is 44.1 Å². The minimum Gasteiger partial charge on any atom is -0.480 e. The van der Waals surface area contributed by atoms with Crippen molar-refractivity contribution < 1.29 is 9.90 Å². The number of aliphatic carboxylic acids is 1. The highest BCUT2D eigenvalue weighted by molar-refractivity contribution is 6.33. The number of hydrogen-bond donors (Lipinski definition) is 2. The van der Waals surface area contributed by atoms with Crippen LogP contribution in [0.3, 0.4) is 0 Å². The monoisotopic (exact) mass is 435 g/mol. The summed E-state index contributed by atoms with van der Waals surface area (Å²) in [7, 11) is 0. The first kappa shape index (κ1) is 19.2. The fraction of sp³-hybridized carbons (Fsp3) is 0.440. The van der Waals surface area contributed by atoms with Crippen molar-refractivity contribution in [1.82, 2.24) is 9.78 Å². The van der Waals surface area contributed by atoms with Crippen LogP contribution in [0.2, 0.25) is 5.02 Å². The van der Waals surface area contributed by atoms with Crippen LogP contribution >= 0.6 is 11.6 Å². The quantitative estimate of drug-likeness (QED) is 0.516. The van der Waals surface area contributed by atoms with Crippen molar-refractivity contribution >= 4 is 39.8 Å². The summed E-state index contributed by atoms with van der Waals surface area (Å²) in [5, 5.41) is 18.4. The molecule has 0 saturated heterocycles. The summed E-state index contributed by atoms with van der Waals surface area (Å²) in [6, 6.07) is 12.4. The Bertz CT molecular complexity index is 1150. The standard InChI is InChI=1S/C25H26ClN3O2/c26-21-9-19(25-10-15-5-16(11-25)7-17(6-15)12-25)1-3-23(21)27-20-2-4-22-18(8-20)13-29(28-22)14-24(30)31/h1-4,8-9,13,15-17,27H,5-7,10-12,14H2,(H,30,31). The molecule has 4 saturated carbocycles. The zero-order valence-corrected chi connectivity index (χ0v) is 18.1. The number of halogens is 1. The average molecular weight is 436 g/mol. The molecule has 3 aromatic rings. The van der Waals surface area contributed by atoms with E-state index in [0.717, 1.165) is 45.1 Å². The number of carboxylic acid groups (broad SMARTS) is 1. The number of benzene rings is 2. The van der Waals surface area contributed by atoms with Gasteiger partial charge in [-0.2, -0.15) is 5.10 Å². The summed E-state index contributed by atoms with van der Waals surface area (Å²) < 4.78 is 1.45. The summed E-state index contributed by atoms with van der Waals surface area (Å²) in [5.74, 6) is 1.84. The summed E-state index contributed by atoms with van der Waals surface area (Å²) in [6.07, 6.45) is 10.1. The van der Waals surface area contributed by atoms with Crippen LogP contribution in [0.25, 0.3) is 10.9 Å². The van der Waals surface area contributed by atoms with Crippen LogP contribution in [0, 0.1) is 17.8 Å². The van der Waals surface area contributed by atoms with Gasteiger partial charge in [-0.25, -0.2) is 0 Å². The van der Waals surface area contributed by atoms with Crippen LogP contribution < -0.4 is 5.32 Å². The Morgan fingerprint density at radius 1 is 1.10 bits per heavy atom. The number of hydrogen-bond acceptors (Lipinski definition) is 3. The Balaban J connectivity index is 1.25. The van der Waals surface area contributed by atoms with Crippen LogP contribution in [0.15, 0.2) is 42.6 Å². The maximum absolute atomic E-state index is 10.9. The minimum absolute atomic E-state index is 0.144. The van der Waals surface area contributed by atoms with Crippen molar-refractivity contribution in [1.29, 1.82) is 0 Å². The lowest BCUT2D eigenvalue weighted by Gasteiger charge is -2.57. The van der Waals surface area contributed by atoms with Gasteiger partial charge in [-0.05, 0) is 97.6 Å². The molecular weight excluding hydrogens is 410 g/mol. The fourth-order valence-electron chi connectivity index (χ4n) is 6.94. The van der Waals surface area contributed by atoms with E-state index in [1.165, 1.54) is 48.8 Å². The van der Waals surface area contributed by atoms with Gasteiger partial charge in [-0.15, -0.1) is 0 Å². The molecule has 0 aliphatic heterocycles. The third kappa shape index (κ3) is 3.39. The molecule has 2 N–H and O–H groups in total. The third-order valence-corrected chi connectivity index (χ3v) is 8.06. The van der Waals surface area contributed by atoms with Gasteiger partial charge in [0.2, 0.25) is 0 Å². The summed E-state index contributed by atoms with van der Waals surface area (Å²) in [5.41, 5.74) is 4.34. The molecule has 5 nitrogen and oxygen atoms in total. The van der Waals surface area contributed by atoms with Crippen molar-refractivity contribution in [2.75, 3.05) is 5.32 Å². The maximum Gasteiger partial charge on any atom is 0.325 e. The number of nitrogens with one attached hydrogen (secondary N) is 1. The lowest BCUT2D eigenvalue weighted by atomic mass is 9.48. The number of anilines is 2. The zero-order chi connectivity index (χ0) is 21.2. The molecule has 6 heteroatoms. The van der Waals surface area contributed by atoms with E-state index in [1.807, 2.05) is 18.2 Å². The van der Waals surface area contributed by atoms with Crippen LogP contribution in [0.5, 0.6) is 0 Å². The predicted molar refractivity (Wildman–Crippen MR) is 122 cm³/mol. The second-order valence-corrected chi connectivity index (χ2v) is 10.4. The second kappa shape index (κ2) is 6.99. The average Bonchev–Trinajstić information content (AvgIpc) is 3.09. The van der Waals surface area contributed by atoms with E-state index in [0.29, 0.717) is 5.41 Å². The minimum atomic E-state index is -0.906. The van der Waals surface area contributed by atoms with Gasteiger partial charge in [0.05, 0.1) is 16.2 Å². The number of carboxylic acids is 1. The van der Waals surface area contributed by atoms with Gasteiger partial charge in [0.1, 0.15) is 6.54 Å². The molecule has 0 radical (unpaired) electrons. The first-order valence-corrected chi connectivity index (χ1v) is 11.6. The van der Waals surface area contributed by atoms with Crippen molar-refractivity contribution in [3.63, 3.8) is 0 Å². The molecule has 4 aliphatic rings. The van der Waals surface area contributed by atoms with E-state index in [1.54, 1.807) is 6.20 Å². The highest BCUT2D eigenvalue weighted by Crippen LogP contribution is 2.61. The number of rotatable bonds is 5.